The van der Waals surface area contributed by atoms with Gasteiger partial charge in [-0.2, -0.15) is 5.26 Å². The Morgan fingerprint density at radius 3 is 1.32 bits per heavy atom. The number of nitro groups is 4. The third kappa shape index (κ3) is 16.2. The van der Waals surface area contributed by atoms with Crippen LogP contribution in [0.15, 0.2) is 96.5 Å². The summed E-state index contributed by atoms with van der Waals surface area (Å²) in [6.07, 6.45) is 0.586. The van der Waals surface area contributed by atoms with Crippen LogP contribution in [0.5, 0.6) is 34.5 Å². The van der Waals surface area contributed by atoms with Gasteiger partial charge < -0.3 is 50.1 Å². The Labute approximate surface area is 466 Å². The monoisotopic (exact) mass is 1340 g/mol. The summed E-state index contributed by atoms with van der Waals surface area (Å²) in [5.74, 6) is -1.74. The Balaban J connectivity index is 0.000000265. The van der Waals surface area contributed by atoms with E-state index in [-0.39, 0.29) is 19.0 Å². The number of hydrogen-bond acceptors (Lipinski definition) is 19. The average molecular weight is 1350 g/mol. The number of halogens is 5. The van der Waals surface area contributed by atoms with Gasteiger partial charge in [0.2, 0.25) is 23.0 Å². The van der Waals surface area contributed by atoms with E-state index in [1.54, 1.807) is 18.2 Å². The molecule has 0 radical (unpaired) electrons. The minimum absolute atomic E-state index is 0.124. The van der Waals surface area contributed by atoms with E-state index in [4.69, 9.17) is 26.7 Å². The molecule has 9 N–H and O–H groups in total. The quantitative estimate of drug-likeness (QED) is 0.0506. The largest absolute Gasteiger partial charge is 0.502 e. The number of nitrogens with one attached hydrogen (secondary N) is 5. The molecule has 5 heterocycles. The minimum Gasteiger partial charge on any atom is -0.502 e. The summed E-state index contributed by atoms with van der Waals surface area (Å²) in [5, 5.41) is 87.3. The van der Waals surface area contributed by atoms with Gasteiger partial charge in [0.15, 0.2) is 5.75 Å². The highest BCUT2D eigenvalue weighted by Crippen LogP contribution is 2.36. The van der Waals surface area contributed by atoms with Crippen molar-refractivity contribution in [2.45, 2.75) is 41.0 Å². The molecule has 2 aromatic carbocycles. The fraction of sp³-hybridized carbons (Fsp3) is 0.136. The minimum atomic E-state index is -0.932. The van der Waals surface area contributed by atoms with Gasteiger partial charge in [0.05, 0.1) is 44.7 Å². The van der Waals surface area contributed by atoms with E-state index in [2.05, 4.69) is 88.6 Å². The number of ether oxygens (including phenoxy) is 1. The van der Waals surface area contributed by atoms with E-state index >= 15 is 0 Å². The van der Waals surface area contributed by atoms with Crippen LogP contribution in [-0.2, 0) is 6.42 Å². The van der Waals surface area contributed by atoms with Gasteiger partial charge in [0, 0.05) is 51.5 Å². The summed E-state index contributed by atoms with van der Waals surface area (Å²) in [6.45, 7) is 7.88. The van der Waals surface area contributed by atoms with Gasteiger partial charge in [-0.25, -0.2) is 0 Å². The van der Waals surface area contributed by atoms with Crippen LogP contribution >= 0.6 is 75.3 Å². The fourth-order valence-electron chi connectivity index (χ4n) is 6.00. The lowest BCUT2D eigenvalue weighted by Crippen LogP contribution is -2.13. The first kappa shape index (κ1) is 62.8. The molecule has 0 amide bonds. The smallest absolute Gasteiger partial charge is 0.376 e. The molecule has 404 valence electrons. The van der Waals surface area contributed by atoms with E-state index in [1.807, 2.05) is 43.3 Å². The lowest BCUT2D eigenvalue weighted by Gasteiger charge is -2.15. The van der Waals surface area contributed by atoms with Crippen LogP contribution in [0.4, 0.5) is 22.7 Å². The third-order valence-electron chi connectivity index (χ3n) is 9.56. The Bertz CT molecular complexity index is 3630. The molecule has 0 aliphatic carbocycles. The second kappa shape index (κ2) is 27.3. The van der Waals surface area contributed by atoms with Crippen LogP contribution in [0.25, 0.3) is 0 Å². The Kier molecular flexibility index (Phi) is 22.3. The maximum atomic E-state index is 12.2. The number of hydrogen-bond donors (Lipinski definition) is 9. The Morgan fingerprint density at radius 1 is 0.558 bits per heavy atom. The van der Waals surface area contributed by atoms with Crippen molar-refractivity contribution in [2.24, 2.45) is 0 Å². The molecule has 7 rings (SSSR count). The number of aromatic hydroxyl groups is 4. The van der Waals surface area contributed by atoms with Crippen LogP contribution in [-0.4, -0.2) is 65.0 Å². The molecule has 0 aliphatic rings. The van der Waals surface area contributed by atoms with E-state index in [1.165, 1.54) is 27.7 Å². The molecule has 0 fully saturated rings. The number of benzene rings is 2. The summed E-state index contributed by atoms with van der Waals surface area (Å²) >= 11 is 18.1. The molecule has 33 heteroatoms. The fourth-order valence-corrected chi connectivity index (χ4v) is 7.50. The van der Waals surface area contributed by atoms with Crippen molar-refractivity contribution >= 4 is 98.1 Å². The van der Waals surface area contributed by atoms with E-state index < -0.39 is 87.7 Å². The lowest BCUT2D eigenvalue weighted by molar-refractivity contribution is -0.387. The van der Waals surface area contributed by atoms with Gasteiger partial charge in [0.25, 0.3) is 5.56 Å². The van der Waals surface area contributed by atoms with Crippen LogP contribution in [0.2, 0.25) is 5.02 Å². The van der Waals surface area contributed by atoms with Crippen LogP contribution in [0.3, 0.4) is 0 Å². The zero-order valence-electron chi connectivity index (χ0n) is 39.5. The van der Waals surface area contributed by atoms with Gasteiger partial charge in [-0.05, 0) is 122 Å². The van der Waals surface area contributed by atoms with Crippen LogP contribution in [0.1, 0.15) is 45.2 Å². The molecular formula is C44H35Br4ClN10O18. The molecule has 0 saturated heterocycles. The molecule has 28 nitrogen and oxygen atoms in total. The molecular weight excluding hydrogens is 1310 g/mol. The maximum Gasteiger partial charge on any atom is 0.376 e. The predicted octanol–water partition coefficient (Wildman–Crippen LogP) is 8.83. The summed E-state index contributed by atoms with van der Waals surface area (Å²) in [5.41, 5.74) is -2.84. The lowest BCUT2D eigenvalue weighted by atomic mass is 10.0. The first-order chi connectivity index (χ1) is 35.8. The topological polar surface area (TPSA) is 451 Å². The van der Waals surface area contributed by atoms with Crippen LogP contribution in [0, 0.1) is 86.4 Å². The summed E-state index contributed by atoms with van der Waals surface area (Å²) < 4.78 is 6.67. The Hall–Kier alpha value is -8.51. The Morgan fingerprint density at radius 2 is 0.948 bits per heavy atom. The number of aromatic amines is 5. The molecule has 0 aliphatic heterocycles. The van der Waals surface area contributed by atoms with Gasteiger partial charge in [-0.3, -0.25) is 64.4 Å². The van der Waals surface area contributed by atoms with Gasteiger partial charge in [0.1, 0.15) is 10.2 Å². The molecule has 0 spiro atoms. The van der Waals surface area contributed by atoms with Crippen molar-refractivity contribution in [3.63, 3.8) is 0 Å². The highest BCUT2D eigenvalue weighted by molar-refractivity contribution is 9.11. The molecule has 0 atom stereocenters. The molecule has 0 saturated carbocycles. The van der Waals surface area contributed by atoms with E-state index in [9.17, 15) is 79.7 Å². The standard InChI is InChI=1S/C20H14BrClN2O2.3C6H5BrN2O4.C6H6N2O4/c1-12-17(9-13-5-3-2-4-6-13)19(18(21)20(25)24-12)26-16-8-14(11-23)7-15(22)10-16;3*1-2-3(7)5(10)4(9(12)13)6(11)8-2;1-3-2-4(9)5(8(11)12)6(10)7-3/h2-8,10H,9H2,1H3,(H,24,25);3*1H3,(H2,8,10,11);2H,1H3,(H2,7,9,10). The molecule has 7 aromatic rings. The summed E-state index contributed by atoms with van der Waals surface area (Å²) in [7, 11) is 0. The van der Waals surface area contributed by atoms with Gasteiger partial charge in [-0.1, -0.05) is 41.9 Å². The normalized spacial score (nSPS) is 10.1. The molecule has 0 unspecified atom stereocenters. The molecule has 77 heavy (non-hydrogen) atoms. The first-order valence-electron chi connectivity index (χ1n) is 20.5. The zero-order valence-corrected chi connectivity index (χ0v) is 46.6. The number of rotatable bonds is 8. The number of H-pyrrole nitrogens is 5. The highest BCUT2D eigenvalue weighted by Gasteiger charge is 2.26. The number of nitriles is 1. The predicted molar refractivity (Wildman–Crippen MR) is 289 cm³/mol. The van der Waals surface area contributed by atoms with Gasteiger partial charge >= 0.3 is 45.0 Å². The second-order valence-electron chi connectivity index (χ2n) is 15.1. The second-order valence-corrected chi connectivity index (χ2v) is 18.7. The van der Waals surface area contributed by atoms with Crippen molar-refractivity contribution < 1.29 is 44.9 Å². The molecule has 0 bridgehead atoms. The van der Waals surface area contributed by atoms with Crippen molar-refractivity contribution in [1.82, 2.24) is 24.9 Å². The summed E-state index contributed by atoms with van der Waals surface area (Å²) in [4.78, 5) is 105. The van der Waals surface area contributed by atoms with Crippen molar-refractivity contribution in [2.75, 3.05) is 0 Å². The third-order valence-corrected chi connectivity index (χ3v) is 13.4. The SMILES string of the molecule is Cc1[nH]c(=O)c(Br)c(Oc2cc(Cl)cc(C#N)c2)c1Cc1ccccc1.Cc1[nH]c(=O)c([N+](=O)[O-])c(O)c1Br.Cc1[nH]c(=O)c([N+](=O)[O-])c(O)c1Br.Cc1[nH]c(=O)c([N+](=O)[O-])c(O)c1Br.Cc1cc(O)c([N+](=O)[O-])c(=O)[nH]1. The van der Waals surface area contributed by atoms with E-state index in [0.29, 0.717) is 55.8 Å². The maximum absolute atomic E-state index is 12.2. The van der Waals surface area contributed by atoms with Crippen LogP contribution < -0.4 is 32.5 Å². The summed E-state index contributed by atoms with van der Waals surface area (Å²) in [6, 6.07) is 17.8. The number of nitrogens with zero attached hydrogens (tertiary/aromatic N) is 5. The molecule has 5 aromatic heterocycles. The van der Waals surface area contributed by atoms with Gasteiger partial charge in [-0.15, -0.1) is 0 Å². The number of pyridine rings is 5. The van der Waals surface area contributed by atoms with Crippen molar-refractivity contribution in [1.29, 1.82) is 5.26 Å². The number of aryl methyl sites for hydroxylation is 5. The number of aromatic nitrogens is 5. The first-order valence-corrected chi connectivity index (χ1v) is 24.1. The highest BCUT2D eigenvalue weighted by atomic mass is 79.9. The van der Waals surface area contributed by atoms with Crippen molar-refractivity contribution in [3.8, 4) is 40.6 Å². The zero-order chi connectivity index (χ0) is 58.5. The average Bonchev–Trinajstić information content (AvgIpc) is 3.32. The van der Waals surface area contributed by atoms with E-state index in [0.717, 1.165) is 22.9 Å². The van der Waals surface area contributed by atoms with Crippen molar-refractivity contribution in [3.05, 3.63) is 215 Å².